The second-order valence-corrected chi connectivity index (χ2v) is 11.3. The molecule has 0 saturated heterocycles. The van der Waals surface area contributed by atoms with Gasteiger partial charge in [-0.1, -0.05) is 84.9 Å². The van der Waals surface area contributed by atoms with E-state index < -0.39 is 0 Å². The molecule has 0 aliphatic rings. The molecule has 2 aromatic heterocycles. The zero-order chi connectivity index (χ0) is 28.8. The van der Waals surface area contributed by atoms with Gasteiger partial charge in [-0.2, -0.15) is 5.26 Å². The van der Waals surface area contributed by atoms with Crippen molar-refractivity contribution < 1.29 is 9.59 Å². The summed E-state index contributed by atoms with van der Waals surface area (Å²) in [6, 6.07) is 33.6. The lowest BCUT2D eigenvalue weighted by atomic mass is 10.0. The van der Waals surface area contributed by atoms with Crippen molar-refractivity contribution >= 4 is 46.4 Å². The lowest BCUT2D eigenvalue weighted by Crippen LogP contribution is -2.01. The summed E-state index contributed by atoms with van der Waals surface area (Å²) in [7, 11) is 0. The smallest absolute Gasteiger partial charge is 0.235 e. The van der Waals surface area contributed by atoms with Crippen molar-refractivity contribution in [1.82, 2.24) is 0 Å². The Balaban J connectivity index is 1.35. The fraction of sp³-hybridized carbons (Fsp3) is 0.0286. The van der Waals surface area contributed by atoms with E-state index in [1.165, 1.54) is 0 Å². The number of hydrogen-bond donors (Lipinski definition) is 0. The third-order valence-corrected chi connectivity index (χ3v) is 8.84. The van der Waals surface area contributed by atoms with Gasteiger partial charge in [-0.25, -0.2) is 4.85 Å². The predicted molar refractivity (Wildman–Crippen MR) is 168 cm³/mol. The minimum absolute atomic E-state index is 0.0901. The number of thiophene rings is 2. The van der Waals surface area contributed by atoms with Crippen molar-refractivity contribution in [2.45, 2.75) is 6.92 Å². The van der Waals surface area contributed by atoms with Crippen LogP contribution in [0, 0.1) is 24.8 Å². The van der Waals surface area contributed by atoms with Gasteiger partial charge in [-0.3, -0.25) is 4.79 Å². The van der Waals surface area contributed by atoms with Gasteiger partial charge in [0.1, 0.15) is 11.6 Å². The summed E-state index contributed by atoms with van der Waals surface area (Å²) in [5.41, 5.74) is 4.11. The van der Waals surface area contributed by atoms with Crippen molar-refractivity contribution in [3.05, 3.63) is 153 Å². The van der Waals surface area contributed by atoms with Crippen LogP contribution in [-0.4, -0.2) is 11.6 Å². The molecule has 2 heterocycles. The second kappa shape index (κ2) is 12.4. The lowest BCUT2D eigenvalue weighted by molar-refractivity contribution is 0.103. The van der Waals surface area contributed by atoms with Gasteiger partial charge in [-0.15, -0.1) is 22.7 Å². The number of carbonyl (C=O) groups is 2. The lowest BCUT2D eigenvalue weighted by Gasteiger charge is -2.01. The average Bonchev–Trinajstić information content (AvgIpc) is 3.65. The van der Waals surface area contributed by atoms with Crippen molar-refractivity contribution in [3.8, 4) is 26.3 Å². The molecule has 5 aromatic rings. The first-order valence-corrected chi connectivity index (χ1v) is 14.3. The molecule has 0 radical (unpaired) electrons. The summed E-state index contributed by atoms with van der Waals surface area (Å²) < 4.78 is 0. The molecule has 0 spiro atoms. The quantitative estimate of drug-likeness (QED) is 0.0813. The maximum atomic E-state index is 12.8. The molecule has 5 rings (SSSR count). The Kier molecular flexibility index (Phi) is 8.27. The van der Waals surface area contributed by atoms with Crippen molar-refractivity contribution in [2.75, 3.05) is 0 Å². The largest absolute Gasteiger partial charge is 0.302 e. The molecule has 196 valence electrons. The van der Waals surface area contributed by atoms with Crippen LogP contribution in [0.3, 0.4) is 0 Å². The molecule has 4 nitrogen and oxygen atoms in total. The van der Waals surface area contributed by atoms with Crippen LogP contribution in [-0.2, 0) is 0 Å². The number of nitrogens with zero attached hydrogens (tertiary/aromatic N) is 2. The first-order valence-electron chi connectivity index (χ1n) is 12.7. The molecule has 3 aromatic carbocycles. The molecule has 0 bridgehead atoms. The van der Waals surface area contributed by atoms with Crippen LogP contribution in [0.4, 0.5) is 0 Å². The summed E-state index contributed by atoms with van der Waals surface area (Å²) >= 11 is 3.22. The van der Waals surface area contributed by atoms with Crippen LogP contribution in [0.1, 0.15) is 36.7 Å². The molecule has 0 aliphatic heterocycles. The number of hydrogen-bond acceptors (Lipinski definition) is 5. The van der Waals surface area contributed by atoms with Gasteiger partial charge in [0, 0.05) is 30.6 Å². The zero-order valence-corrected chi connectivity index (χ0v) is 23.6. The van der Waals surface area contributed by atoms with Crippen molar-refractivity contribution in [3.63, 3.8) is 0 Å². The van der Waals surface area contributed by atoms with Gasteiger partial charge in [0.25, 0.3) is 0 Å². The van der Waals surface area contributed by atoms with E-state index in [0.29, 0.717) is 11.1 Å². The van der Waals surface area contributed by atoms with Gasteiger partial charge in [0.05, 0.1) is 6.57 Å². The first kappa shape index (κ1) is 27.4. The summed E-state index contributed by atoms with van der Waals surface area (Å²) in [5, 5.41) is 9.57. The third-order valence-electron chi connectivity index (χ3n) is 6.34. The second-order valence-electron chi connectivity index (χ2n) is 9.15. The Morgan fingerprint density at radius 1 is 0.780 bits per heavy atom. The average molecular weight is 567 g/mol. The highest BCUT2D eigenvalue weighted by Crippen LogP contribution is 2.41. The van der Waals surface area contributed by atoms with E-state index in [4.69, 9.17) is 6.57 Å². The molecule has 0 unspecified atom stereocenters. The number of rotatable bonds is 8. The molecular formula is C35H22N2O2S2. The van der Waals surface area contributed by atoms with Gasteiger partial charge in [0.2, 0.25) is 11.5 Å². The number of aryl methyl sites for hydroxylation is 1. The predicted octanol–water partition coefficient (Wildman–Crippen LogP) is 9.38. The van der Waals surface area contributed by atoms with E-state index in [1.807, 2.05) is 54.6 Å². The summed E-state index contributed by atoms with van der Waals surface area (Å²) in [6.45, 7) is 9.59. The normalized spacial score (nSPS) is 11.5. The first-order chi connectivity index (χ1) is 20.0. The Bertz CT molecular complexity index is 1880. The van der Waals surface area contributed by atoms with Gasteiger partial charge >= 0.3 is 0 Å². The number of carbonyl (C=O) groups excluding carboxylic acids is 2. The van der Waals surface area contributed by atoms with E-state index >= 15 is 0 Å². The minimum Gasteiger partial charge on any atom is -0.302 e. The maximum absolute atomic E-state index is 12.8. The number of benzene rings is 3. The molecule has 0 saturated carbocycles. The van der Waals surface area contributed by atoms with E-state index in [1.54, 1.807) is 83.4 Å². The molecule has 0 aliphatic carbocycles. The number of ketones is 2. The van der Waals surface area contributed by atoms with E-state index in [-0.39, 0.29) is 22.8 Å². The molecule has 0 N–H and O–H groups in total. The highest BCUT2D eigenvalue weighted by atomic mass is 32.1. The number of allylic oxidation sites excluding steroid dienone is 2. The number of nitriles is 1. The topological polar surface area (TPSA) is 62.3 Å². The third kappa shape index (κ3) is 6.21. The van der Waals surface area contributed by atoms with Crippen LogP contribution in [0.25, 0.3) is 37.2 Å². The molecule has 0 amide bonds. The molecule has 41 heavy (non-hydrogen) atoms. The van der Waals surface area contributed by atoms with Crippen LogP contribution < -0.4 is 0 Å². The van der Waals surface area contributed by atoms with Crippen LogP contribution >= 0.6 is 22.7 Å². The van der Waals surface area contributed by atoms with Crippen LogP contribution in [0.15, 0.2) is 114 Å². The summed E-state index contributed by atoms with van der Waals surface area (Å²) in [4.78, 5) is 33.1. The van der Waals surface area contributed by atoms with E-state index in [2.05, 4.69) is 17.8 Å². The van der Waals surface area contributed by atoms with Gasteiger partial charge in [0.15, 0.2) is 5.78 Å². The standard InChI is InChI=1S/C35H22N2O2S2/c1-23-19-32(25-15-13-24(14-16-25)20-28(22-36)33(38)26-9-5-3-6-10-26)41-35(23)31-18-17-29(40-31)21-30(37-2)34(39)27-11-7-4-8-12-27/h3-21H,1H3/b28-20+,30-21-. The van der Waals surface area contributed by atoms with Gasteiger partial charge in [-0.05, 0) is 54.0 Å². The Labute approximate surface area is 246 Å². The monoisotopic (exact) mass is 566 g/mol. The van der Waals surface area contributed by atoms with Crippen molar-refractivity contribution in [2.24, 2.45) is 0 Å². The highest BCUT2D eigenvalue weighted by Gasteiger charge is 2.15. The van der Waals surface area contributed by atoms with Gasteiger partial charge < -0.3 is 4.79 Å². The van der Waals surface area contributed by atoms with E-state index in [9.17, 15) is 14.9 Å². The van der Waals surface area contributed by atoms with Crippen molar-refractivity contribution in [1.29, 1.82) is 5.26 Å². The fourth-order valence-electron chi connectivity index (χ4n) is 4.25. The fourth-order valence-corrected chi connectivity index (χ4v) is 6.54. The van der Waals surface area contributed by atoms with Crippen LogP contribution in [0.5, 0.6) is 0 Å². The van der Waals surface area contributed by atoms with Crippen LogP contribution in [0.2, 0.25) is 0 Å². The molecule has 0 atom stereocenters. The maximum Gasteiger partial charge on any atom is 0.235 e. The Morgan fingerprint density at radius 2 is 1.41 bits per heavy atom. The zero-order valence-electron chi connectivity index (χ0n) is 22.0. The Hall–Kier alpha value is -5.14. The van der Waals surface area contributed by atoms with E-state index in [0.717, 1.165) is 36.2 Å². The molecule has 6 heteroatoms. The number of Topliss-reactive ketones (excluding diaryl/α,β-unsaturated/α-hetero) is 2. The molecule has 0 fully saturated rings. The Morgan fingerprint density at radius 3 is 2.02 bits per heavy atom. The summed E-state index contributed by atoms with van der Waals surface area (Å²) in [6.07, 6.45) is 3.27. The minimum atomic E-state index is -0.297. The molecular weight excluding hydrogens is 545 g/mol. The summed E-state index contributed by atoms with van der Waals surface area (Å²) in [5.74, 6) is -0.580. The highest BCUT2D eigenvalue weighted by molar-refractivity contribution is 7.24. The SMILES string of the molecule is [C-]#[N+]/C(=C\c1ccc(-c2sc(-c3ccc(/C=C(\C#N)C(=O)c4ccccc4)cc3)cc2C)s1)C(=O)c1ccccc1.